The fourth-order valence-electron chi connectivity index (χ4n) is 1.78. The number of aliphatic carboxylic acids is 1. The van der Waals surface area contributed by atoms with Crippen molar-refractivity contribution >= 4 is 31.7 Å². The highest BCUT2D eigenvalue weighted by Gasteiger charge is 2.28. The molecule has 0 saturated heterocycles. The highest BCUT2D eigenvalue weighted by Crippen LogP contribution is 2.34. The van der Waals surface area contributed by atoms with Crippen molar-refractivity contribution in [2.75, 3.05) is 6.26 Å². The average molecular weight is 353 g/mol. The summed E-state index contributed by atoms with van der Waals surface area (Å²) >= 11 is 3.03. The Morgan fingerprint density at radius 1 is 1.42 bits per heavy atom. The molecule has 0 fully saturated rings. The summed E-state index contributed by atoms with van der Waals surface area (Å²) in [5.74, 6) is -1.89. The zero-order valence-corrected chi connectivity index (χ0v) is 13.1. The van der Waals surface area contributed by atoms with Gasteiger partial charge in [0.15, 0.2) is 9.84 Å². The van der Waals surface area contributed by atoms with E-state index in [1.54, 1.807) is 13.8 Å². The molecule has 0 radical (unpaired) electrons. The maximum atomic E-state index is 13.9. The van der Waals surface area contributed by atoms with Crippen LogP contribution in [-0.2, 0) is 20.0 Å². The van der Waals surface area contributed by atoms with E-state index in [9.17, 15) is 17.6 Å². The number of rotatable bonds is 4. The Hall–Kier alpha value is -0.950. The molecule has 0 bridgehead atoms. The molecule has 1 aromatic rings. The Morgan fingerprint density at radius 3 is 2.32 bits per heavy atom. The number of carbonyl (C=O) groups is 1. The van der Waals surface area contributed by atoms with Crippen LogP contribution in [0.4, 0.5) is 4.39 Å². The SMILES string of the molecule is CC(C)(CC(=O)O)c1cc(F)c(S(C)(=O)=O)c(Br)c1. The molecule has 0 spiro atoms. The highest BCUT2D eigenvalue weighted by molar-refractivity contribution is 9.10. The first kappa shape index (κ1) is 16.1. The lowest BCUT2D eigenvalue weighted by molar-refractivity contribution is -0.138. The third-order valence-electron chi connectivity index (χ3n) is 2.74. The maximum Gasteiger partial charge on any atom is 0.304 e. The van der Waals surface area contributed by atoms with E-state index in [-0.39, 0.29) is 10.9 Å². The molecule has 0 amide bonds. The van der Waals surface area contributed by atoms with Crippen LogP contribution in [0, 0.1) is 5.82 Å². The molecule has 0 atom stereocenters. The molecule has 0 heterocycles. The predicted octanol–water partition coefficient (Wildman–Crippen LogP) is 2.74. The standard InChI is InChI=1S/C12H14BrFO4S/c1-12(2,6-10(15)16)7-4-8(13)11(9(14)5-7)19(3,17)18/h4-5H,6H2,1-3H3,(H,15,16). The van der Waals surface area contributed by atoms with Crippen LogP contribution < -0.4 is 0 Å². The molecule has 106 valence electrons. The van der Waals surface area contributed by atoms with Gasteiger partial charge in [0.1, 0.15) is 10.7 Å². The lowest BCUT2D eigenvalue weighted by atomic mass is 9.81. The molecule has 7 heteroatoms. The van der Waals surface area contributed by atoms with E-state index in [0.29, 0.717) is 5.56 Å². The van der Waals surface area contributed by atoms with Crippen LogP contribution in [-0.4, -0.2) is 25.7 Å². The lowest BCUT2D eigenvalue weighted by Gasteiger charge is -2.24. The summed E-state index contributed by atoms with van der Waals surface area (Å²) in [6, 6.07) is 2.52. The Kier molecular flexibility index (Phi) is 4.41. The van der Waals surface area contributed by atoms with E-state index in [0.717, 1.165) is 12.3 Å². The van der Waals surface area contributed by atoms with Crippen molar-refractivity contribution in [3.05, 3.63) is 28.0 Å². The smallest absolute Gasteiger partial charge is 0.304 e. The lowest BCUT2D eigenvalue weighted by Crippen LogP contribution is -2.22. The van der Waals surface area contributed by atoms with Gasteiger partial charge in [-0.15, -0.1) is 0 Å². The molecule has 1 rings (SSSR count). The monoisotopic (exact) mass is 352 g/mol. The molecule has 0 aromatic heterocycles. The summed E-state index contributed by atoms with van der Waals surface area (Å²) in [5.41, 5.74) is -0.378. The second-order valence-electron chi connectivity index (χ2n) is 5.00. The van der Waals surface area contributed by atoms with Gasteiger partial charge >= 0.3 is 5.97 Å². The first-order chi connectivity index (χ1) is 8.45. The Balaban J connectivity index is 3.41. The molecule has 4 nitrogen and oxygen atoms in total. The minimum atomic E-state index is -3.69. The number of halogens is 2. The number of carboxylic acid groups (broad SMARTS) is 1. The molecular weight excluding hydrogens is 339 g/mol. The van der Waals surface area contributed by atoms with Crippen LogP contribution in [0.3, 0.4) is 0 Å². The van der Waals surface area contributed by atoms with Crippen LogP contribution in [0.2, 0.25) is 0 Å². The Labute approximate surface area is 119 Å². The van der Waals surface area contributed by atoms with Crippen LogP contribution in [0.15, 0.2) is 21.5 Å². The molecule has 0 aliphatic carbocycles. The van der Waals surface area contributed by atoms with E-state index in [1.165, 1.54) is 6.07 Å². The first-order valence-corrected chi connectivity index (χ1v) is 8.05. The number of carboxylic acids is 1. The quantitative estimate of drug-likeness (QED) is 0.904. The summed E-state index contributed by atoms with van der Waals surface area (Å²) in [6.45, 7) is 3.31. The van der Waals surface area contributed by atoms with Gasteiger partial charge in [0.2, 0.25) is 0 Å². The Morgan fingerprint density at radius 2 is 1.95 bits per heavy atom. The maximum absolute atomic E-state index is 13.9. The number of hydrogen-bond donors (Lipinski definition) is 1. The van der Waals surface area contributed by atoms with Gasteiger partial charge < -0.3 is 5.11 Å². The van der Waals surface area contributed by atoms with Crippen molar-refractivity contribution in [2.24, 2.45) is 0 Å². The third-order valence-corrected chi connectivity index (χ3v) is 4.79. The number of benzene rings is 1. The molecule has 19 heavy (non-hydrogen) atoms. The number of hydrogen-bond acceptors (Lipinski definition) is 3. The van der Waals surface area contributed by atoms with Crippen LogP contribution in [0.5, 0.6) is 0 Å². The van der Waals surface area contributed by atoms with Crippen molar-refractivity contribution < 1.29 is 22.7 Å². The highest BCUT2D eigenvalue weighted by atomic mass is 79.9. The van der Waals surface area contributed by atoms with E-state index in [4.69, 9.17) is 5.11 Å². The fourth-order valence-corrected chi connectivity index (χ4v) is 3.93. The van der Waals surface area contributed by atoms with Gasteiger partial charge in [0.05, 0.1) is 6.42 Å². The molecule has 1 aromatic carbocycles. The van der Waals surface area contributed by atoms with E-state index < -0.39 is 31.9 Å². The fraction of sp³-hybridized carbons (Fsp3) is 0.417. The van der Waals surface area contributed by atoms with Gasteiger partial charge in [-0.3, -0.25) is 4.79 Å². The predicted molar refractivity (Wildman–Crippen MR) is 72.5 cm³/mol. The van der Waals surface area contributed by atoms with Gasteiger partial charge in [-0.05, 0) is 33.6 Å². The van der Waals surface area contributed by atoms with Gasteiger partial charge in [-0.1, -0.05) is 13.8 Å². The van der Waals surface area contributed by atoms with E-state index in [1.807, 2.05) is 0 Å². The number of sulfone groups is 1. The van der Waals surface area contributed by atoms with Gasteiger partial charge in [0, 0.05) is 16.1 Å². The summed E-state index contributed by atoms with van der Waals surface area (Å²) in [6.07, 6.45) is 0.731. The normalized spacial score (nSPS) is 12.5. The van der Waals surface area contributed by atoms with Crippen LogP contribution in [0.1, 0.15) is 25.8 Å². The van der Waals surface area contributed by atoms with Crippen molar-refractivity contribution in [2.45, 2.75) is 30.6 Å². The third kappa shape index (κ3) is 3.76. The Bertz CT molecular complexity index is 600. The zero-order chi connectivity index (χ0) is 15.0. The average Bonchev–Trinajstić information content (AvgIpc) is 2.11. The van der Waals surface area contributed by atoms with Crippen LogP contribution in [0.25, 0.3) is 0 Å². The molecule has 0 aliphatic heterocycles. The minimum absolute atomic E-state index is 0.100. The van der Waals surface area contributed by atoms with E-state index in [2.05, 4.69) is 15.9 Å². The summed E-state index contributed by atoms with van der Waals surface area (Å²) in [5, 5.41) is 8.83. The largest absolute Gasteiger partial charge is 0.481 e. The zero-order valence-electron chi connectivity index (χ0n) is 10.7. The molecule has 0 unspecified atom stereocenters. The summed E-state index contributed by atoms with van der Waals surface area (Å²) in [4.78, 5) is 10.4. The second-order valence-corrected chi connectivity index (χ2v) is 7.80. The van der Waals surface area contributed by atoms with Crippen molar-refractivity contribution in [1.29, 1.82) is 0 Å². The minimum Gasteiger partial charge on any atom is -0.481 e. The molecule has 0 aliphatic rings. The topological polar surface area (TPSA) is 71.4 Å². The van der Waals surface area contributed by atoms with Gasteiger partial charge in [-0.2, -0.15) is 0 Å². The van der Waals surface area contributed by atoms with Crippen LogP contribution >= 0.6 is 15.9 Å². The van der Waals surface area contributed by atoms with Gasteiger partial charge in [0.25, 0.3) is 0 Å². The molecular formula is C12H14BrFO4S. The van der Waals surface area contributed by atoms with Crippen molar-refractivity contribution in [3.63, 3.8) is 0 Å². The molecule has 1 N–H and O–H groups in total. The first-order valence-electron chi connectivity index (χ1n) is 5.36. The van der Waals surface area contributed by atoms with Gasteiger partial charge in [-0.25, -0.2) is 12.8 Å². The van der Waals surface area contributed by atoms with Crippen molar-refractivity contribution in [1.82, 2.24) is 0 Å². The van der Waals surface area contributed by atoms with Crippen molar-refractivity contribution in [3.8, 4) is 0 Å². The summed E-state index contributed by atoms with van der Waals surface area (Å²) < 4.78 is 36.9. The van der Waals surface area contributed by atoms with E-state index >= 15 is 0 Å². The molecule has 0 saturated carbocycles. The second kappa shape index (κ2) is 5.20. The summed E-state index contributed by atoms with van der Waals surface area (Å²) in [7, 11) is -3.69.